The van der Waals surface area contributed by atoms with Crippen molar-refractivity contribution in [2.24, 2.45) is 5.92 Å². The third-order valence-corrected chi connectivity index (χ3v) is 2.11. The Hall–Kier alpha value is -1.31. The second-order valence-corrected chi connectivity index (χ2v) is 3.87. The van der Waals surface area contributed by atoms with Gasteiger partial charge in [-0.05, 0) is 18.1 Å². The zero-order valence-electron chi connectivity index (χ0n) is 8.09. The van der Waals surface area contributed by atoms with Crippen molar-refractivity contribution in [3.63, 3.8) is 0 Å². The highest BCUT2D eigenvalue weighted by Gasteiger charge is 2.09. The molecule has 0 aliphatic heterocycles. The molecule has 0 radical (unpaired) electrons. The van der Waals surface area contributed by atoms with E-state index in [2.05, 4.69) is 35.9 Å². The molecule has 2 nitrogen and oxygen atoms in total. The van der Waals surface area contributed by atoms with Crippen LogP contribution < -0.4 is 4.98 Å². The van der Waals surface area contributed by atoms with Crippen molar-refractivity contribution in [1.82, 2.24) is 4.98 Å². The second kappa shape index (κ2) is 3.21. The van der Waals surface area contributed by atoms with E-state index < -0.39 is 0 Å². The fourth-order valence-electron chi connectivity index (χ4n) is 1.57. The fraction of sp³-hybridized carbons (Fsp3) is 0.364. The molecule has 1 heterocycles. The van der Waals surface area contributed by atoms with Crippen LogP contribution in [0.4, 0.5) is 0 Å². The summed E-state index contributed by atoms with van der Waals surface area (Å²) in [6.45, 7) is 4.44. The van der Waals surface area contributed by atoms with Crippen molar-refractivity contribution in [3.8, 4) is 0 Å². The molecule has 0 aliphatic rings. The molecule has 0 aliphatic carbocycles. The van der Waals surface area contributed by atoms with E-state index >= 15 is 0 Å². The number of H-pyrrole nitrogens is 2. The van der Waals surface area contributed by atoms with E-state index in [1.54, 1.807) is 0 Å². The lowest BCUT2D eigenvalue weighted by Gasteiger charge is -1.94. The van der Waals surface area contributed by atoms with Gasteiger partial charge in [0.1, 0.15) is 0 Å². The third kappa shape index (κ3) is 1.72. The Morgan fingerprint density at radius 2 is 2.08 bits per heavy atom. The number of para-hydroxylation sites is 2. The minimum Gasteiger partial charge on any atom is -0.241 e. The molecule has 13 heavy (non-hydrogen) atoms. The lowest BCUT2D eigenvalue weighted by atomic mass is 10.1. The molecular weight excluding hydrogens is 160 g/mol. The molecule has 0 atom stereocenters. The van der Waals surface area contributed by atoms with E-state index in [1.165, 1.54) is 16.9 Å². The van der Waals surface area contributed by atoms with Gasteiger partial charge >= 0.3 is 0 Å². The Bertz CT molecular complexity index is 368. The summed E-state index contributed by atoms with van der Waals surface area (Å²) in [5.74, 6) is 1.90. The molecule has 2 rings (SSSR count). The molecule has 0 unspecified atom stereocenters. The predicted molar refractivity (Wildman–Crippen MR) is 53.4 cm³/mol. The highest BCUT2D eigenvalue weighted by molar-refractivity contribution is 5.70. The Labute approximate surface area is 78.0 Å². The number of imidazole rings is 1. The lowest BCUT2D eigenvalue weighted by Crippen LogP contribution is -2.09. The number of fused-ring (bicyclic) bond motifs is 1. The first-order valence-corrected chi connectivity index (χ1v) is 4.74. The SMILES string of the molecule is CC(C)Cc1[nH]c2ccccc2[nH+]1. The number of benzene rings is 1. The van der Waals surface area contributed by atoms with E-state index in [9.17, 15) is 0 Å². The first kappa shape index (κ1) is 8.30. The number of rotatable bonds is 2. The number of aromatic nitrogens is 2. The summed E-state index contributed by atoms with van der Waals surface area (Å²) in [7, 11) is 0. The molecule has 0 amide bonds. The summed E-state index contributed by atoms with van der Waals surface area (Å²) in [6, 6.07) is 8.28. The molecule has 0 fully saturated rings. The van der Waals surface area contributed by atoms with Crippen LogP contribution in [0.15, 0.2) is 24.3 Å². The van der Waals surface area contributed by atoms with Crippen LogP contribution in [0.2, 0.25) is 0 Å². The van der Waals surface area contributed by atoms with Gasteiger partial charge in [0.15, 0.2) is 11.0 Å². The van der Waals surface area contributed by atoms with Gasteiger partial charge in [0.25, 0.3) is 5.82 Å². The molecule has 0 saturated heterocycles. The van der Waals surface area contributed by atoms with E-state index in [4.69, 9.17) is 0 Å². The van der Waals surface area contributed by atoms with Crippen molar-refractivity contribution in [3.05, 3.63) is 30.1 Å². The van der Waals surface area contributed by atoms with Crippen LogP contribution in [0.3, 0.4) is 0 Å². The number of nitrogens with one attached hydrogen (secondary N) is 2. The predicted octanol–water partition coefficient (Wildman–Crippen LogP) is 2.18. The minimum absolute atomic E-state index is 0.685. The first-order chi connectivity index (χ1) is 6.25. The maximum Gasteiger partial charge on any atom is 0.253 e. The molecule has 0 saturated carbocycles. The molecule has 2 N–H and O–H groups in total. The van der Waals surface area contributed by atoms with Crippen molar-refractivity contribution >= 4 is 11.0 Å². The van der Waals surface area contributed by atoms with E-state index in [0.29, 0.717) is 5.92 Å². The van der Waals surface area contributed by atoms with Crippen LogP contribution >= 0.6 is 0 Å². The average molecular weight is 175 g/mol. The Kier molecular flexibility index (Phi) is 2.05. The zero-order chi connectivity index (χ0) is 9.26. The summed E-state index contributed by atoms with van der Waals surface area (Å²) < 4.78 is 0. The topological polar surface area (TPSA) is 29.9 Å². The van der Waals surface area contributed by atoms with Crippen molar-refractivity contribution in [2.45, 2.75) is 20.3 Å². The van der Waals surface area contributed by atoms with Gasteiger partial charge in [0, 0.05) is 0 Å². The monoisotopic (exact) mass is 175 g/mol. The van der Waals surface area contributed by atoms with Crippen molar-refractivity contribution < 1.29 is 4.98 Å². The minimum atomic E-state index is 0.685. The first-order valence-electron chi connectivity index (χ1n) is 4.74. The van der Waals surface area contributed by atoms with Gasteiger partial charge in [-0.1, -0.05) is 26.0 Å². The van der Waals surface area contributed by atoms with Crippen LogP contribution in [-0.2, 0) is 6.42 Å². The van der Waals surface area contributed by atoms with Crippen LogP contribution in [0, 0.1) is 5.92 Å². The smallest absolute Gasteiger partial charge is 0.241 e. The molecule has 1 aromatic heterocycles. The molecule has 2 aromatic rings. The summed E-state index contributed by atoms with van der Waals surface area (Å²) in [5, 5.41) is 0. The average Bonchev–Trinajstić information content (AvgIpc) is 2.44. The summed E-state index contributed by atoms with van der Waals surface area (Å²) >= 11 is 0. The molecule has 2 heteroatoms. The molecule has 0 spiro atoms. The van der Waals surface area contributed by atoms with Gasteiger partial charge in [0.05, 0.1) is 6.42 Å². The standard InChI is InChI=1S/C11H14N2/c1-8(2)7-11-12-9-5-3-4-6-10(9)13-11/h3-6,8H,7H2,1-2H3,(H,12,13)/p+1. The molecule has 0 bridgehead atoms. The normalized spacial score (nSPS) is 11.3. The number of aromatic amines is 2. The van der Waals surface area contributed by atoms with E-state index in [-0.39, 0.29) is 0 Å². The van der Waals surface area contributed by atoms with Gasteiger partial charge in [-0.25, -0.2) is 9.97 Å². The van der Waals surface area contributed by atoms with Crippen molar-refractivity contribution in [2.75, 3.05) is 0 Å². The third-order valence-electron chi connectivity index (χ3n) is 2.11. The summed E-state index contributed by atoms with van der Waals surface area (Å²) in [6.07, 6.45) is 1.08. The van der Waals surface area contributed by atoms with Crippen LogP contribution in [0.5, 0.6) is 0 Å². The van der Waals surface area contributed by atoms with Gasteiger partial charge < -0.3 is 0 Å². The van der Waals surface area contributed by atoms with Gasteiger partial charge in [-0.3, -0.25) is 0 Å². The quantitative estimate of drug-likeness (QED) is 0.725. The maximum atomic E-state index is 3.37. The maximum absolute atomic E-state index is 3.37. The molecule has 68 valence electrons. The number of hydrogen-bond donors (Lipinski definition) is 1. The van der Waals surface area contributed by atoms with Gasteiger partial charge in [-0.2, -0.15) is 0 Å². The van der Waals surface area contributed by atoms with E-state index in [1.807, 2.05) is 12.1 Å². The lowest BCUT2D eigenvalue weighted by molar-refractivity contribution is -0.358. The summed E-state index contributed by atoms with van der Waals surface area (Å²) in [5.41, 5.74) is 2.39. The van der Waals surface area contributed by atoms with Crippen molar-refractivity contribution in [1.29, 1.82) is 0 Å². The molecule has 1 aromatic carbocycles. The number of hydrogen-bond acceptors (Lipinski definition) is 0. The fourth-order valence-corrected chi connectivity index (χ4v) is 1.57. The van der Waals surface area contributed by atoms with Crippen LogP contribution in [-0.4, -0.2) is 4.98 Å². The zero-order valence-corrected chi connectivity index (χ0v) is 8.09. The second-order valence-electron chi connectivity index (χ2n) is 3.87. The van der Waals surface area contributed by atoms with Crippen LogP contribution in [0.1, 0.15) is 19.7 Å². The van der Waals surface area contributed by atoms with Gasteiger partial charge in [0.2, 0.25) is 0 Å². The van der Waals surface area contributed by atoms with E-state index in [0.717, 1.165) is 6.42 Å². The Morgan fingerprint density at radius 3 is 2.77 bits per heavy atom. The largest absolute Gasteiger partial charge is 0.253 e. The van der Waals surface area contributed by atoms with Crippen LogP contribution in [0.25, 0.3) is 11.0 Å². The Balaban J connectivity index is 2.38. The highest BCUT2D eigenvalue weighted by Crippen LogP contribution is 2.08. The Morgan fingerprint density at radius 1 is 1.31 bits per heavy atom. The summed E-state index contributed by atoms with van der Waals surface area (Å²) in [4.78, 5) is 6.74. The molecular formula is C11H15N2+. The highest BCUT2D eigenvalue weighted by atomic mass is 14.9. The van der Waals surface area contributed by atoms with Gasteiger partial charge in [-0.15, -0.1) is 0 Å².